The number of phenols is 1. The Kier molecular flexibility index (Phi) is 5.48. The second kappa shape index (κ2) is 8.00. The lowest BCUT2D eigenvalue weighted by Crippen LogP contribution is -2.37. The van der Waals surface area contributed by atoms with Crippen molar-refractivity contribution >= 4 is 23.3 Å². The number of aromatic nitrogens is 4. The number of fused-ring (bicyclic) bond motifs is 1. The predicted octanol–water partition coefficient (Wildman–Crippen LogP) is -0.312. The molecule has 11 heteroatoms. The molecule has 11 nitrogen and oxygen atoms in total. The highest BCUT2D eigenvalue weighted by Crippen LogP contribution is 2.26. The van der Waals surface area contributed by atoms with Crippen molar-refractivity contribution in [3.05, 3.63) is 50.9 Å². The van der Waals surface area contributed by atoms with Gasteiger partial charge in [0.25, 0.3) is 11.5 Å². The first-order valence-corrected chi connectivity index (χ1v) is 8.72. The maximum Gasteiger partial charge on any atom is 0.332 e. The van der Waals surface area contributed by atoms with Crippen LogP contribution in [0.25, 0.3) is 11.2 Å². The van der Waals surface area contributed by atoms with Crippen molar-refractivity contribution in [3.8, 4) is 11.5 Å². The highest BCUT2D eigenvalue weighted by atomic mass is 16.5. The van der Waals surface area contributed by atoms with Gasteiger partial charge in [0.05, 0.1) is 19.1 Å². The first-order chi connectivity index (χ1) is 13.8. The number of amides is 1. The molecule has 0 aliphatic carbocycles. The minimum Gasteiger partial charge on any atom is -0.504 e. The minimum atomic E-state index is -0.530. The fraction of sp³-hybridized carbons (Fsp3) is 0.278. The molecule has 0 fully saturated rings. The Hall–Kier alpha value is -3.89. The van der Waals surface area contributed by atoms with E-state index >= 15 is 0 Å². The summed E-state index contributed by atoms with van der Waals surface area (Å²) in [6.07, 6.45) is 2.72. The van der Waals surface area contributed by atoms with Gasteiger partial charge < -0.3 is 14.4 Å². The second-order valence-corrected chi connectivity index (χ2v) is 6.20. The van der Waals surface area contributed by atoms with Crippen LogP contribution in [0.2, 0.25) is 0 Å². The first kappa shape index (κ1) is 19.9. The summed E-state index contributed by atoms with van der Waals surface area (Å²) < 4.78 is 8.90. The lowest BCUT2D eigenvalue weighted by Gasteiger charge is -2.08. The quantitative estimate of drug-likeness (QED) is 0.431. The van der Waals surface area contributed by atoms with Crippen LogP contribution >= 0.6 is 0 Å². The van der Waals surface area contributed by atoms with E-state index in [1.807, 2.05) is 0 Å². The van der Waals surface area contributed by atoms with E-state index in [0.29, 0.717) is 17.9 Å². The highest BCUT2D eigenvalue weighted by Gasteiger charge is 2.15. The fourth-order valence-electron chi connectivity index (χ4n) is 2.81. The number of carbonyl (C=O) groups is 1. The standard InChI is InChI=1S/C18H20N6O5/c1-4-29-13-7-11(5-6-12(13)25)8-20-21-14(26)9-24-10-19-15-16(24)22(2)18(28)23(3)17(15)27/h5-8,10,25H,4,9H2,1-3H3,(H,21,26)/b20-8+. The Morgan fingerprint density at radius 3 is 2.79 bits per heavy atom. The molecular formula is C18H20N6O5. The number of imidazole rings is 1. The van der Waals surface area contributed by atoms with Gasteiger partial charge >= 0.3 is 5.69 Å². The van der Waals surface area contributed by atoms with Crippen LogP contribution in [-0.2, 0) is 25.4 Å². The van der Waals surface area contributed by atoms with E-state index in [9.17, 15) is 19.5 Å². The van der Waals surface area contributed by atoms with Gasteiger partial charge in [-0.05, 0) is 30.7 Å². The molecule has 3 aromatic rings. The third-order valence-corrected chi connectivity index (χ3v) is 4.21. The molecule has 2 aromatic heterocycles. The summed E-state index contributed by atoms with van der Waals surface area (Å²) in [5.74, 6) is -0.149. The number of aromatic hydroxyl groups is 1. The summed E-state index contributed by atoms with van der Waals surface area (Å²) >= 11 is 0. The van der Waals surface area contributed by atoms with Crippen LogP contribution in [0.1, 0.15) is 12.5 Å². The molecule has 0 aliphatic heterocycles. The minimum absolute atomic E-state index is 0.0109. The van der Waals surface area contributed by atoms with E-state index in [4.69, 9.17) is 4.74 Å². The Morgan fingerprint density at radius 1 is 1.31 bits per heavy atom. The average molecular weight is 400 g/mol. The second-order valence-electron chi connectivity index (χ2n) is 6.20. The molecule has 0 radical (unpaired) electrons. The predicted molar refractivity (Wildman–Crippen MR) is 105 cm³/mol. The molecule has 2 heterocycles. The summed E-state index contributed by atoms with van der Waals surface area (Å²) in [6, 6.07) is 4.67. The number of hydrogen-bond donors (Lipinski definition) is 2. The summed E-state index contributed by atoms with van der Waals surface area (Å²) in [4.78, 5) is 40.5. The molecule has 0 bridgehead atoms. The third kappa shape index (κ3) is 3.88. The van der Waals surface area contributed by atoms with E-state index in [1.54, 1.807) is 19.1 Å². The number of phenolic OH excluding ortho intramolecular Hbond substituents is 1. The average Bonchev–Trinajstić information content (AvgIpc) is 3.11. The van der Waals surface area contributed by atoms with Crippen LogP contribution in [0.3, 0.4) is 0 Å². The summed E-state index contributed by atoms with van der Waals surface area (Å²) in [5.41, 5.74) is 2.28. The summed E-state index contributed by atoms with van der Waals surface area (Å²) in [5, 5.41) is 13.6. The van der Waals surface area contributed by atoms with Crippen molar-refractivity contribution in [2.75, 3.05) is 6.61 Å². The molecule has 29 heavy (non-hydrogen) atoms. The fourth-order valence-corrected chi connectivity index (χ4v) is 2.81. The molecule has 1 aromatic carbocycles. The van der Waals surface area contributed by atoms with E-state index in [-0.39, 0.29) is 23.5 Å². The van der Waals surface area contributed by atoms with Crippen LogP contribution in [0.15, 0.2) is 39.2 Å². The zero-order valence-corrected chi connectivity index (χ0v) is 16.1. The van der Waals surface area contributed by atoms with Gasteiger partial charge in [0.15, 0.2) is 17.0 Å². The lowest BCUT2D eigenvalue weighted by atomic mass is 10.2. The van der Waals surface area contributed by atoms with Crippen molar-refractivity contribution in [2.45, 2.75) is 13.5 Å². The molecule has 0 unspecified atom stereocenters. The maximum absolute atomic E-state index is 12.2. The Labute approximate surface area is 164 Å². The van der Waals surface area contributed by atoms with E-state index in [1.165, 1.54) is 41.8 Å². The van der Waals surface area contributed by atoms with Gasteiger partial charge in [-0.2, -0.15) is 5.10 Å². The monoisotopic (exact) mass is 400 g/mol. The van der Waals surface area contributed by atoms with Crippen LogP contribution in [0.4, 0.5) is 0 Å². The highest BCUT2D eigenvalue weighted by molar-refractivity contribution is 5.83. The number of hydrazone groups is 1. The van der Waals surface area contributed by atoms with Gasteiger partial charge in [0, 0.05) is 14.1 Å². The van der Waals surface area contributed by atoms with Crippen molar-refractivity contribution in [1.29, 1.82) is 0 Å². The number of benzene rings is 1. The Morgan fingerprint density at radius 2 is 2.07 bits per heavy atom. The van der Waals surface area contributed by atoms with Gasteiger partial charge in [-0.1, -0.05) is 0 Å². The van der Waals surface area contributed by atoms with Crippen molar-refractivity contribution in [2.24, 2.45) is 19.2 Å². The van der Waals surface area contributed by atoms with Crippen molar-refractivity contribution in [3.63, 3.8) is 0 Å². The van der Waals surface area contributed by atoms with Gasteiger partial charge in [0.1, 0.15) is 12.2 Å². The molecule has 0 spiro atoms. The first-order valence-electron chi connectivity index (χ1n) is 8.72. The topological polar surface area (TPSA) is 133 Å². The number of nitrogens with one attached hydrogen (secondary N) is 1. The van der Waals surface area contributed by atoms with Crippen LogP contribution < -0.4 is 21.4 Å². The zero-order chi connectivity index (χ0) is 21.1. The number of ether oxygens (including phenoxy) is 1. The number of carbonyl (C=O) groups excluding carboxylic acids is 1. The van der Waals surface area contributed by atoms with Crippen molar-refractivity contribution in [1.82, 2.24) is 24.1 Å². The zero-order valence-electron chi connectivity index (χ0n) is 16.1. The maximum atomic E-state index is 12.2. The van der Waals surface area contributed by atoms with Crippen LogP contribution in [-0.4, -0.2) is 42.5 Å². The smallest absolute Gasteiger partial charge is 0.332 e. The van der Waals surface area contributed by atoms with Gasteiger partial charge in [0.2, 0.25) is 0 Å². The molecule has 0 saturated carbocycles. The van der Waals surface area contributed by atoms with E-state index < -0.39 is 17.2 Å². The van der Waals surface area contributed by atoms with Gasteiger partial charge in [-0.25, -0.2) is 15.2 Å². The number of aryl methyl sites for hydroxylation is 1. The molecule has 0 saturated heterocycles. The molecule has 0 aliphatic rings. The molecule has 152 valence electrons. The molecule has 2 N–H and O–H groups in total. The molecule has 3 rings (SSSR count). The number of hydrogen-bond acceptors (Lipinski definition) is 7. The SMILES string of the molecule is CCOc1cc(/C=N/NC(=O)Cn2cnc3c(=O)n(C)c(=O)n(C)c32)ccc1O. The summed E-state index contributed by atoms with van der Waals surface area (Å²) in [6.45, 7) is 2.01. The molecule has 0 atom stereocenters. The van der Waals surface area contributed by atoms with Crippen LogP contribution in [0, 0.1) is 0 Å². The largest absolute Gasteiger partial charge is 0.504 e. The summed E-state index contributed by atoms with van der Waals surface area (Å²) in [7, 11) is 2.87. The van der Waals surface area contributed by atoms with Gasteiger partial charge in [-0.3, -0.25) is 18.7 Å². The third-order valence-electron chi connectivity index (χ3n) is 4.21. The Bertz CT molecular complexity index is 1220. The van der Waals surface area contributed by atoms with Gasteiger partial charge in [-0.15, -0.1) is 0 Å². The number of nitrogens with zero attached hydrogens (tertiary/aromatic N) is 5. The Balaban J connectivity index is 1.75. The normalized spacial score (nSPS) is 11.3. The van der Waals surface area contributed by atoms with Crippen molar-refractivity contribution < 1.29 is 14.6 Å². The lowest BCUT2D eigenvalue weighted by molar-refractivity contribution is -0.121. The molecule has 1 amide bonds. The van der Waals surface area contributed by atoms with Crippen LogP contribution in [0.5, 0.6) is 11.5 Å². The number of rotatable bonds is 6. The van der Waals surface area contributed by atoms with E-state index in [0.717, 1.165) is 4.57 Å². The van der Waals surface area contributed by atoms with E-state index in [2.05, 4.69) is 15.5 Å². The molecular weight excluding hydrogens is 380 g/mol.